The van der Waals surface area contributed by atoms with Crippen LogP contribution >= 0.6 is 0 Å². The van der Waals surface area contributed by atoms with Gasteiger partial charge in [0, 0.05) is 10.9 Å². The maximum Gasteiger partial charge on any atom is 0.435 e. The van der Waals surface area contributed by atoms with E-state index in [1.54, 1.807) is 6.20 Å². The molecule has 36 heavy (non-hydrogen) atoms. The highest BCUT2D eigenvalue weighted by Gasteiger charge is 2.38. The number of alkyl carbamates (subject to hydrolysis) is 1. The molecule has 1 heterocycles. The van der Waals surface area contributed by atoms with Crippen molar-refractivity contribution in [1.29, 1.82) is 0 Å². The number of nitrogens with two attached hydrogens (primary N) is 1. The Hall–Kier alpha value is -3.55. The Labute approximate surface area is 212 Å². The lowest BCUT2D eigenvalue weighted by atomic mass is 9.87. The van der Waals surface area contributed by atoms with Gasteiger partial charge in [0.25, 0.3) is 0 Å². The highest BCUT2D eigenvalue weighted by Crippen LogP contribution is 2.40. The van der Waals surface area contributed by atoms with Crippen molar-refractivity contribution in [2.45, 2.75) is 84.0 Å². The van der Waals surface area contributed by atoms with Crippen molar-refractivity contribution in [1.82, 2.24) is 15.1 Å². The fourth-order valence-electron chi connectivity index (χ4n) is 4.76. The number of fused-ring (bicyclic) bond motifs is 1. The maximum absolute atomic E-state index is 12.6. The van der Waals surface area contributed by atoms with Gasteiger partial charge >= 0.3 is 12.2 Å². The zero-order valence-electron chi connectivity index (χ0n) is 22.0. The molecule has 0 saturated heterocycles. The molecule has 3 aromatic rings. The summed E-state index contributed by atoms with van der Waals surface area (Å²) in [6.45, 7) is 11.0. The summed E-state index contributed by atoms with van der Waals surface area (Å²) in [5.41, 5.74) is 8.87. The van der Waals surface area contributed by atoms with Crippen LogP contribution in [0.25, 0.3) is 22.0 Å². The first-order chi connectivity index (χ1) is 16.8. The first kappa shape index (κ1) is 25.5. The predicted octanol–water partition coefficient (Wildman–Crippen LogP) is 6.36. The van der Waals surface area contributed by atoms with Crippen LogP contribution in [0, 0.1) is 0 Å². The van der Waals surface area contributed by atoms with Crippen LogP contribution in [0.4, 0.5) is 15.3 Å². The third-order valence-electron chi connectivity index (χ3n) is 6.31. The molecule has 1 aromatic heterocycles. The summed E-state index contributed by atoms with van der Waals surface area (Å²) in [6.07, 6.45) is 4.46. The Balaban J connectivity index is 1.61. The molecule has 192 valence electrons. The van der Waals surface area contributed by atoms with Gasteiger partial charge in [0.2, 0.25) is 0 Å². The fraction of sp³-hybridized carbons (Fsp3) is 0.464. The second-order valence-corrected chi connectivity index (χ2v) is 11.5. The minimum absolute atomic E-state index is 0.398. The minimum atomic E-state index is -0.627. The smallest absolute Gasteiger partial charge is 0.435 e. The van der Waals surface area contributed by atoms with Gasteiger partial charge in [-0.3, -0.25) is 0 Å². The Morgan fingerprint density at radius 2 is 1.56 bits per heavy atom. The molecule has 1 saturated carbocycles. The zero-order chi connectivity index (χ0) is 26.3. The Morgan fingerprint density at radius 1 is 0.944 bits per heavy atom. The van der Waals surface area contributed by atoms with Crippen molar-refractivity contribution >= 4 is 28.8 Å². The van der Waals surface area contributed by atoms with E-state index in [0.29, 0.717) is 16.6 Å². The molecule has 0 atom stereocenters. The van der Waals surface area contributed by atoms with Crippen LogP contribution in [0.15, 0.2) is 42.6 Å². The van der Waals surface area contributed by atoms with Gasteiger partial charge in [-0.2, -0.15) is 9.78 Å². The third kappa shape index (κ3) is 5.32. The SMILES string of the molecule is CC(C)(C)OC(=O)NC1(c2ccc(-c3ccc4c(cnn4C(=O)OC(C)(C)C)c3N)cc2)CCCC1. The average Bonchev–Trinajstić information content (AvgIpc) is 3.40. The van der Waals surface area contributed by atoms with E-state index in [0.717, 1.165) is 42.4 Å². The molecule has 3 N–H and O–H groups in total. The number of hydrogen-bond acceptors (Lipinski definition) is 6. The van der Waals surface area contributed by atoms with E-state index in [4.69, 9.17) is 15.2 Å². The van der Waals surface area contributed by atoms with E-state index in [9.17, 15) is 9.59 Å². The summed E-state index contributed by atoms with van der Waals surface area (Å²) in [6, 6.07) is 11.8. The summed E-state index contributed by atoms with van der Waals surface area (Å²) in [5, 5.41) is 8.04. The molecule has 0 spiro atoms. The second-order valence-electron chi connectivity index (χ2n) is 11.5. The Morgan fingerprint density at radius 3 is 2.14 bits per heavy atom. The van der Waals surface area contributed by atoms with E-state index in [1.165, 1.54) is 4.68 Å². The number of aromatic nitrogens is 2. The highest BCUT2D eigenvalue weighted by molar-refractivity contribution is 6.01. The summed E-state index contributed by atoms with van der Waals surface area (Å²) in [4.78, 5) is 25.1. The largest absolute Gasteiger partial charge is 0.444 e. The van der Waals surface area contributed by atoms with Gasteiger partial charge in [0.1, 0.15) is 11.2 Å². The molecular formula is C28H36N4O4. The molecule has 0 aliphatic heterocycles. The summed E-state index contributed by atoms with van der Waals surface area (Å²) in [5.74, 6) is 0. The van der Waals surface area contributed by atoms with Crippen LogP contribution in [0.3, 0.4) is 0 Å². The van der Waals surface area contributed by atoms with E-state index >= 15 is 0 Å². The van der Waals surface area contributed by atoms with Gasteiger partial charge < -0.3 is 20.5 Å². The number of ether oxygens (including phenoxy) is 2. The fourth-order valence-corrected chi connectivity index (χ4v) is 4.76. The number of hydrogen-bond donors (Lipinski definition) is 2. The second kappa shape index (κ2) is 9.15. The molecule has 0 radical (unpaired) electrons. The number of carbonyl (C=O) groups excluding carboxylic acids is 2. The molecule has 1 fully saturated rings. The normalized spacial score (nSPS) is 15.6. The molecule has 0 unspecified atom stereocenters. The maximum atomic E-state index is 12.6. The van der Waals surface area contributed by atoms with Crippen molar-refractivity contribution in [2.24, 2.45) is 0 Å². The van der Waals surface area contributed by atoms with Crippen LogP contribution in [-0.4, -0.2) is 33.2 Å². The van der Waals surface area contributed by atoms with Gasteiger partial charge in [-0.25, -0.2) is 9.59 Å². The van der Waals surface area contributed by atoms with Gasteiger partial charge in [-0.15, -0.1) is 0 Å². The molecule has 4 rings (SSSR count). The molecule has 1 aliphatic carbocycles. The molecule has 0 bridgehead atoms. The minimum Gasteiger partial charge on any atom is -0.444 e. The number of anilines is 1. The van der Waals surface area contributed by atoms with Crippen LogP contribution in [0.5, 0.6) is 0 Å². The third-order valence-corrected chi connectivity index (χ3v) is 6.31. The van der Waals surface area contributed by atoms with Crippen molar-refractivity contribution in [2.75, 3.05) is 5.73 Å². The quantitative estimate of drug-likeness (QED) is 0.412. The first-order valence-electron chi connectivity index (χ1n) is 12.4. The molecule has 1 aliphatic rings. The number of nitrogen functional groups attached to an aromatic ring is 1. The standard InChI is InChI=1S/C28H36N4O4/c1-26(2,3)35-24(33)31-28(15-7-8-16-28)19-11-9-18(10-12-19)20-13-14-22-21(23(20)29)17-30-32(22)25(34)36-27(4,5)6/h9-14,17H,7-8,15-16,29H2,1-6H3,(H,31,33). The summed E-state index contributed by atoms with van der Waals surface area (Å²) < 4.78 is 12.2. The number of benzene rings is 2. The average molecular weight is 493 g/mol. The number of nitrogens with zero attached hydrogens (tertiary/aromatic N) is 2. The van der Waals surface area contributed by atoms with Crippen molar-refractivity contribution in [3.63, 3.8) is 0 Å². The first-order valence-corrected chi connectivity index (χ1v) is 12.4. The highest BCUT2D eigenvalue weighted by atomic mass is 16.6. The molecule has 8 heteroatoms. The number of rotatable bonds is 3. The number of amides is 1. The van der Waals surface area contributed by atoms with Gasteiger partial charge in [-0.1, -0.05) is 43.2 Å². The Kier molecular flexibility index (Phi) is 6.49. The monoisotopic (exact) mass is 492 g/mol. The van der Waals surface area contributed by atoms with E-state index in [1.807, 2.05) is 77.9 Å². The lowest BCUT2D eigenvalue weighted by Crippen LogP contribution is -2.46. The van der Waals surface area contributed by atoms with Crippen molar-refractivity contribution in [3.8, 4) is 11.1 Å². The number of carbonyl (C=O) groups is 2. The van der Waals surface area contributed by atoms with Gasteiger partial charge in [-0.05, 0) is 71.6 Å². The Bertz CT molecular complexity index is 1270. The van der Waals surface area contributed by atoms with Gasteiger partial charge in [0.15, 0.2) is 0 Å². The summed E-state index contributed by atoms with van der Waals surface area (Å²) >= 11 is 0. The molecule has 2 aromatic carbocycles. The van der Waals surface area contributed by atoms with E-state index < -0.39 is 28.9 Å². The topological polar surface area (TPSA) is 108 Å². The lowest BCUT2D eigenvalue weighted by Gasteiger charge is -2.32. The molecular weight excluding hydrogens is 456 g/mol. The molecule has 8 nitrogen and oxygen atoms in total. The van der Waals surface area contributed by atoms with Crippen LogP contribution in [-0.2, 0) is 15.0 Å². The van der Waals surface area contributed by atoms with Crippen molar-refractivity contribution in [3.05, 3.63) is 48.2 Å². The van der Waals surface area contributed by atoms with Crippen LogP contribution in [0.1, 0.15) is 72.8 Å². The van der Waals surface area contributed by atoms with Crippen molar-refractivity contribution < 1.29 is 19.1 Å². The van der Waals surface area contributed by atoms with Gasteiger partial charge in [0.05, 0.1) is 22.9 Å². The van der Waals surface area contributed by atoms with Crippen LogP contribution < -0.4 is 11.1 Å². The van der Waals surface area contributed by atoms with E-state index in [-0.39, 0.29) is 0 Å². The number of nitrogens with one attached hydrogen (secondary N) is 1. The van der Waals surface area contributed by atoms with E-state index in [2.05, 4.69) is 10.4 Å². The predicted molar refractivity (Wildman–Crippen MR) is 141 cm³/mol. The molecule has 1 amide bonds. The zero-order valence-corrected chi connectivity index (χ0v) is 22.0. The lowest BCUT2D eigenvalue weighted by molar-refractivity contribution is 0.0451. The van der Waals surface area contributed by atoms with Crippen LogP contribution in [0.2, 0.25) is 0 Å². The summed E-state index contributed by atoms with van der Waals surface area (Å²) in [7, 11) is 0.